The highest BCUT2D eigenvalue weighted by Gasteiger charge is 2.25. The molecule has 25 heavy (non-hydrogen) atoms. The highest BCUT2D eigenvalue weighted by Crippen LogP contribution is 2.17. The molecule has 1 aliphatic rings. The molecule has 0 atom stereocenters. The Hall–Kier alpha value is -2.14. The molecule has 1 N–H and O–H groups in total. The van der Waals surface area contributed by atoms with Gasteiger partial charge in [-0.25, -0.2) is 0 Å². The zero-order valence-corrected chi connectivity index (χ0v) is 15.8. The van der Waals surface area contributed by atoms with Crippen molar-refractivity contribution in [3.63, 3.8) is 0 Å². The number of aryl methyl sites for hydroxylation is 1. The van der Waals surface area contributed by atoms with E-state index < -0.39 is 0 Å². The second-order valence-corrected chi connectivity index (χ2v) is 7.28. The van der Waals surface area contributed by atoms with Crippen LogP contribution in [0.15, 0.2) is 53.0 Å². The topological polar surface area (TPSA) is 49.4 Å². The highest BCUT2D eigenvalue weighted by molar-refractivity contribution is 9.10. The van der Waals surface area contributed by atoms with Crippen LogP contribution in [0.4, 0.5) is 0 Å². The average Bonchev–Trinajstić information content (AvgIpc) is 2.62. The Balaban J connectivity index is 1.56. The van der Waals surface area contributed by atoms with Crippen LogP contribution in [0.3, 0.4) is 0 Å². The minimum absolute atomic E-state index is 0.0648. The summed E-state index contributed by atoms with van der Waals surface area (Å²) in [7, 11) is 0. The number of likely N-dealkylation sites (tertiary alicyclic amines) is 1. The minimum atomic E-state index is -0.0648. The predicted octanol–water partition coefficient (Wildman–Crippen LogP) is 3.79. The molecule has 3 rings (SSSR count). The summed E-state index contributed by atoms with van der Waals surface area (Å²) in [6, 6.07) is 15.1. The van der Waals surface area contributed by atoms with Crippen LogP contribution in [0.1, 0.15) is 39.1 Å². The van der Waals surface area contributed by atoms with E-state index >= 15 is 0 Å². The second kappa shape index (κ2) is 7.83. The van der Waals surface area contributed by atoms with Gasteiger partial charge in [0.2, 0.25) is 0 Å². The molecule has 1 saturated heterocycles. The zero-order chi connectivity index (χ0) is 17.8. The van der Waals surface area contributed by atoms with Crippen molar-refractivity contribution in [2.24, 2.45) is 0 Å². The molecule has 0 bridgehead atoms. The molecular formula is C20H21BrN2O2. The van der Waals surface area contributed by atoms with E-state index in [-0.39, 0.29) is 17.9 Å². The summed E-state index contributed by atoms with van der Waals surface area (Å²) in [6.45, 7) is 3.28. The van der Waals surface area contributed by atoms with Crippen LogP contribution >= 0.6 is 15.9 Å². The van der Waals surface area contributed by atoms with Crippen molar-refractivity contribution in [1.82, 2.24) is 10.2 Å². The molecular weight excluding hydrogens is 380 g/mol. The maximum atomic E-state index is 12.6. The number of halogens is 1. The summed E-state index contributed by atoms with van der Waals surface area (Å²) in [4.78, 5) is 26.9. The van der Waals surface area contributed by atoms with E-state index in [4.69, 9.17) is 0 Å². The van der Waals surface area contributed by atoms with Gasteiger partial charge in [-0.2, -0.15) is 0 Å². The largest absolute Gasteiger partial charge is 0.349 e. The smallest absolute Gasteiger partial charge is 0.254 e. The molecule has 1 aliphatic heterocycles. The molecule has 2 amide bonds. The molecule has 4 nitrogen and oxygen atoms in total. The second-order valence-electron chi connectivity index (χ2n) is 6.37. The number of benzene rings is 2. The number of carbonyl (C=O) groups is 2. The summed E-state index contributed by atoms with van der Waals surface area (Å²) < 4.78 is 0.888. The van der Waals surface area contributed by atoms with E-state index in [0.717, 1.165) is 28.4 Å². The number of carbonyl (C=O) groups excluding carboxylic acids is 2. The van der Waals surface area contributed by atoms with Gasteiger partial charge < -0.3 is 10.2 Å². The van der Waals surface area contributed by atoms with Gasteiger partial charge >= 0.3 is 0 Å². The van der Waals surface area contributed by atoms with Gasteiger partial charge in [0.25, 0.3) is 11.8 Å². The van der Waals surface area contributed by atoms with E-state index in [1.165, 1.54) is 0 Å². The summed E-state index contributed by atoms with van der Waals surface area (Å²) in [6.07, 6.45) is 1.55. The van der Waals surface area contributed by atoms with Crippen LogP contribution in [0.5, 0.6) is 0 Å². The molecule has 0 radical (unpaired) electrons. The van der Waals surface area contributed by atoms with Crippen molar-refractivity contribution in [1.29, 1.82) is 0 Å². The highest BCUT2D eigenvalue weighted by atomic mass is 79.9. The summed E-state index contributed by atoms with van der Waals surface area (Å²) in [5.74, 6) is 0.0137. The number of rotatable bonds is 3. The first-order valence-corrected chi connectivity index (χ1v) is 9.25. The number of hydrogen-bond donors (Lipinski definition) is 1. The number of nitrogens with one attached hydrogen (secondary N) is 1. The van der Waals surface area contributed by atoms with Crippen molar-refractivity contribution >= 4 is 27.7 Å². The summed E-state index contributed by atoms with van der Waals surface area (Å²) in [5, 5.41) is 3.08. The molecule has 1 heterocycles. The van der Waals surface area contributed by atoms with E-state index in [2.05, 4.69) is 21.2 Å². The third kappa shape index (κ3) is 4.28. The quantitative estimate of drug-likeness (QED) is 0.851. The van der Waals surface area contributed by atoms with Gasteiger partial charge in [0, 0.05) is 34.7 Å². The van der Waals surface area contributed by atoms with Gasteiger partial charge in [-0.1, -0.05) is 40.2 Å². The van der Waals surface area contributed by atoms with Crippen LogP contribution in [0.25, 0.3) is 0 Å². The lowest BCUT2D eigenvalue weighted by molar-refractivity contribution is 0.0697. The molecule has 0 saturated carbocycles. The molecule has 2 aromatic rings. The van der Waals surface area contributed by atoms with E-state index in [1.807, 2.05) is 54.3 Å². The molecule has 5 heteroatoms. The molecule has 0 unspecified atom stereocenters. The first-order valence-electron chi connectivity index (χ1n) is 8.46. The van der Waals surface area contributed by atoms with E-state index in [1.54, 1.807) is 6.07 Å². The summed E-state index contributed by atoms with van der Waals surface area (Å²) >= 11 is 3.38. The van der Waals surface area contributed by atoms with E-state index in [0.29, 0.717) is 18.7 Å². The van der Waals surface area contributed by atoms with Gasteiger partial charge in [-0.15, -0.1) is 0 Å². The number of piperidine rings is 1. The van der Waals surface area contributed by atoms with Crippen molar-refractivity contribution < 1.29 is 9.59 Å². The van der Waals surface area contributed by atoms with Gasteiger partial charge in [0.15, 0.2) is 0 Å². The fourth-order valence-corrected chi connectivity index (χ4v) is 3.51. The van der Waals surface area contributed by atoms with Crippen LogP contribution in [0.2, 0.25) is 0 Å². The molecule has 1 fully saturated rings. The molecule has 2 aromatic carbocycles. The fourth-order valence-electron chi connectivity index (χ4n) is 3.11. The SMILES string of the molecule is Cc1ccccc1C(=O)N1CCC(NC(=O)c2cccc(Br)c2)CC1. The zero-order valence-electron chi connectivity index (χ0n) is 14.2. The predicted molar refractivity (Wildman–Crippen MR) is 102 cm³/mol. The third-order valence-electron chi connectivity index (χ3n) is 4.58. The number of hydrogen-bond acceptors (Lipinski definition) is 2. The fraction of sp³-hybridized carbons (Fsp3) is 0.300. The van der Waals surface area contributed by atoms with Gasteiger partial charge in [0.1, 0.15) is 0 Å². The van der Waals surface area contributed by atoms with Gasteiger partial charge in [-0.3, -0.25) is 9.59 Å². The van der Waals surface area contributed by atoms with Crippen molar-refractivity contribution in [2.45, 2.75) is 25.8 Å². The maximum Gasteiger partial charge on any atom is 0.254 e. The van der Waals surface area contributed by atoms with Crippen molar-refractivity contribution in [2.75, 3.05) is 13.1 Å². The molecule has 0 aliphatic carbocycles. The van der Waals surface area contributed by atoms with Crippen LogP contribution < -0.4 is 5.32 Å². The Kier molecular flexibility index (Phi) is 5.53. The van der Waals surface area contributed by atoms with Crippen LogP contribution in [-0.2, 0) is 0 Å². The lowest BCUT2D eigenvalue weighted by atomic mass is 10.0. The Morgan fingerprint density at radius 3 is 2.48 bits per heavy atom. The normalized spacial score (nSPS) is 15.0. The Morgan fingerprint density at radius 2 is 1.80 bits per heavy atom. The lowest BCUT2D eigenvalue weighted by Crippen LogP contribution is -2.46. The molecule has 130 valence electrons. The monoisotopic (exact) mass is 400 g/mol. The third-order valence-corrected chi connectivity index (χ3v) is 5.07. The standard InChI is InChI=1S/C20H21BrN2O2/c1-14-5-2-3-8-18(14)20(25)23-11-9-17(10-12-23)22-19(24)15-6-4-7-16(21)13-15/h2-8,13,17H,9-12H2,1H3,(H,22,24). The van der Waals surface area contributed by atoms with Crippen LogP contribution in [-0.4, -0.2) is 35.8 Å². The average molecular weight is 401 g/mol. The Bertz CT molecular complexity index is 783. The Labute approximate surface area is 156 Å². The van der Waals surface area contributed by atoms with E-state index in [9.17, 15) is 9.59 Å². The van der Waals surface area contributed by atoms with Crippen molar-refractivity contribution in [3.05, 3.63) is 69.7 Å². The molecule has 0 aromatic heterocycles. The Morgan fingerprint density at radius 1 is 1.08 bits per heavy atom. The number of amides is 2. The van der Waals surface area contributed by atoms with Crippen molar-refractivity contribution in [3.8, 4) is 0 Å². The van der Waals surface area contributed by atoms with Gasteiger partial charge in [0.05, 0.1) is 0 Å². The summed E-state index contributed by atoms with van der Waals surface area (Å²) in [5.41, 5.74) is 2.41. The molecule has 0 spiro atoms. The number of nitrogens with zero attached hydrogens (tertiary/aromatic N) is 1. The first-order chi connectivity index (χ1) is 12.0. The first kappa shape index (κ1) is 17.7. The van der Waals surface area contributed by atoms with Crippen LogP contribution in [0, 0.1) is 6.92 Å². The van der Waals surface area contributed by atoms with Gasteiger partial charge in [-0.05, 0) is 49.6 Å². The lowest BCUT2D eigenvalue weighted by Gasteiger charge is -2.32. The maximum absolute atomic E-state index is 12.6. The minimum Gasteiger partial charge on any atom is -0.349 e.